The van der Waals surface area contributed by atoms with Crippen LogP contribution in [-0.2, 0) is 17.8 Å². The summed E-state index contributed by atoms with van der Waals surface area (Å²) in [6, 6.07) is 5.00. The average Bonchev–Trinajstić information content (AvgIpc) is 3.14. The zero-order valence-electron chi connectivity index (χ0n) is 14.4. The maximum atomic E-state index is 12.4. The molecule has 0 bridgehead atoms. The normalized spacial score (nSPS) is 15.9. The number of hydrogen-bond acceptors (Lipinski definition) is 4. The maximum absolute atomic E-state index is 12.4. The van der Waals surface area contributed by atoms with E-state index in [4.69, 9.17) is 0 Å². The van der Waals surface area contributed by atoms with E-state index in [9.17, 15) is 19.2 Å². The van der Waals surface area contributed by atoms with Crippen molar-refractivity contribution in [1.82, 2.24) is 20.0 Å². The van der Waals surface area contributed by atoms with Gasteiger partial charge in [-0.1, -0.05) is 15.9 Å². The molecule has 3 heterocycles. The molecule has 0 aliphatic carbocycles. The lowest BCUT2D eigenvalue weighted by atomic mass is 10.1. The van der Waals surface area contributed by atoms with Gasteiger partial charge in [0.1, 0.15) is 0 Å². The second-order valence-electron chi connectivity index (χ2n) is 6.66. The number of amides is 3. The van der Waals surface area contributed by atoms with E-state index in [2.05, 4.69) is 26.1 Å². The molecule has 4 rings (SSSR count). The monoisotopic (exact) mass is 432 g/mol. The third kappa shape index (κ3) is 3.12. The smallest absolute Gasteiger partial charge is 0.267 e. The number of carbonyl (C=O) groups is 3. The van der Waals surface area contributed by atoms with Crippen LogP contribution in [0.4, 0.5) is 0 Å². The van der Waals surface area contributed by atoms with E-state index in [1.807, 2.05) is 0 Å². The molecule has 27 heavy (non-hydrogen) atoms. The zero-order valence-corrected chi connectivity index (χ0v) is 16.0. The van der Waals surface area contributed by atoms with E-state index in [1.54, 1.807) is 23.1 Å². The number of H-pyrrole nitrogens is 2. The summed E-state index contributed by atoms with van der Waals surface area (Å²) in [6.45, 7) is 1.07. The number of nitrogens with zero attached hydrogens (tertiary/aromatic N) is 2. The van der Waals surface area contributed by atoms with Crippen molar-refractivity contribution in [3.63, 3.8) is 0 Å². The number of aromatic nitrogens is 2. The molecule has 1 aromatic heterocycles. The van der Waals surface area contributed by atoms with E-state index >= 15 is 0 Å². The van der Waals surface area contributed by atoms with Gasteiger partial charge in [0.05, 0.1) is 23.4 Å². The van der Waals surface area contributed by atoms with Gasteiger partial charge in [0.25, 0.3) is 17.4 Å². The molecule has 2 N–H and O–H groups in total. The topological polar surface area (TPSA) is 106 Å². The highest BCUT2D eigenvalue weighted by atomic mass is 79.9. The Hall–Kier alpha value is -2.68. The molecule has 8 nitrogen and oxygen atoms in total. The third-order valence-electron chi connectivity index (χ3n) is 5.00. The van der Waals surface area contributed by atoms with Gasteiger partial charge in [-0.3, -0.25) is 29.2 Å². The molecule has 0 radical (unpaired) electrons. The van der Waals surface area contributed by atoms with Gasteiger partial charge in [0.2, 0.25) is 5.91 Å². The molecule has 2 aliphatic rings. The Morgan fingerprint density at radius 3 is 2.70 bits per heavy atom. The largest absolute Gasteiger partial charge is 0.336 e. The lowest BCUT2D eigenvalue weighted by Gasteiger charge is -2.26. The van der Waals surface area contributed by atoms with Crippen LogP contribution in [0.3, 0.4) is 0 Å². The summed E-state index contributed by atoms with van der Waals surface area (Å²) in [4.78, 5) is 51.7. The Bertz CT molecular complexity index is 1010. The fourth-order valence-electron chi connectivity index (χ4n) is 3.56. The molecule has 140 valence electrons. The molecular weight excluding hydrogens is 416 g/mol. The minimum atomic E-state index is -0.323. The Kier molecular flexibility index (Phi) is 4.47. The zero-order chi connectivity index (χ0) is 19.1. The summed E-state index contributed by atoms with van der Waals surface area (Å²) in [7, 11) is 0. The van der Waals surface area contributed by atoms with Crippen molar-refractivity contribution in [3.05, 3.63) is 55.4 Å². The summed E-state index contributed by atoms with van der Waals surface area (Å²) < 4.78 is 0.742. The number of fused-ring (bicyclic) bond motifs is 2. The number of halogens is 1. The van der Waals surface area contributed by atoms with Crippen molar-refractivity contribution >= 4 is 33.7 Å². The maximum Gasteiger partial charge on any atom is 0.267 e. The Labute approximate surface area is 162 Å². The fraction of sp³-hybridized carbons (Fsp3) is 0.333. The highest BCUT2D eigenvalue weighted by molar-refractivity contribution is 9.10. The molecule has 1 aromatic carbocycles. The van der Waals surface area contributed by atoms with E-state index in [-0.39, 0.29) is 36.2 Å². The molecule has 2 aliphatic heterocycles. The molecule has 0 fully saturated rings. The van der Waals surface area contributed by atoms with Crippen LogP contribution in [-0.4, -0.2) is 50.8 Å². The molecule has 9 heteroatoms. The van der Waals surface area contributed by atoms with Gasteiger partial charge in [-0.2, -0.15) is 0 Å². The first-order valence-corrected chi connectivity index (χ1v) is 9.47. The summed E-state index contributed by atoms with van der Waals surface area (Å²) in [6.07, 6.45) is 1.16. The lowest BCUT2D eigenvalue weighted by Crippen LogP contribution is -2.37. The van der Waals surface area contributed by atoms with E-state index < -0.39 is 0 Å². The van der Waals surface area contributed by atoms with Crippen molar-refractivity contribution in [2.24, 2.45) is 0 Å². The predicted octanol–water partition coefficient (Wildman–Crippen LogP) is 1.43. The molecule has 0 saturated carbocycles. The Balaban J connectivity index is 1.34. The second-order valence-corrected chi connectivity index (χ2v) is 7.57. The molecule has 3 amide bonds. The van der Waals surface area contributed by atoms with Crippen molar-refractivity contribution in [2.45, 2.75) is 25.8 Å². The molecule has 0 unspecified atom stereocenters. The van der Waals surface area contributed by atoms with Crippen molar-refractivity contribution in [2.75, 3.05) is 13.1 Å². The molecule has 2 aromatic rings. The highest BCUT2D eigenvalue weighted by Gasteiger charge is 2.35. The van der Waals surface area contributed by atoms with Crippen molar-refractivity contribution in [1.29, 1.82) is 0 Å². The quantitative estimate of drug-likeness (QED) is 0.712. The van der Waals surface area contributed by atoms with Gasteiger partial charge in [-0.05, 0) is 31.0 Å². The number of nitrogens with one attached hydrogen (secondary N) is 2. The van der Waals surface area contributed by atoms with E-state index in [1.165, 1.54) is 4.90 Å². The van der Waals surface area contributed by atoms with Crippen LogP contribution in [0.1, 0.15) is 44.8 Å². The van der Waals surface area contributed by atoms with E-state index in [0.29, 0.717) is 42.6 Å². The summed E-state index contributed by atoms with van der Waals surface area (Å²) in [5.41, 5.74) is 2.10. The minimum Gasteiger partial charge on any atom is -0.336 e. The first-order chi connectivity index (χ1) is 13.0. The summed E-state index contributed by atoms with van der Waals surface area (Å²) >= 11 is 3.30. The Morgan fingerprint density at radius 1 is 1.11 bits per heavy atom. The minimum absolute atomic E-state index is 0.0537. The van der Waals surface area contributed by atoms with Gasteiger partial charge in [0.15, 0.2) is 0 Å². The van der Waals surface area contributed by atoms with Crippen LogP contribution in [0.5, 0.6) is 0 Å². The first kappa shape index (κ1) is 17.7. The highest BCUT2D eigenvalue weighted by Crippen LogP contribution is 2.26. The van der Waals surface area contributed by atoms with Crippen molar-refractivity contribution in [3.8, 4) is 0 Å². The lowest BCUT2D eigenvalue weighted by molar-refractivity contribution is -0.132. The molecule has 0 spiro atoms. The number of hydrogen-bond donors (Lipinski definition) is 2. The van der Waals surface area contributed by atoms with Crippen LogP contribution in [0.25, 0.3) is 0 Å². The Morgan fingerprint density at radius 2 is 1.89 bits per heavy atom. The standard InChI is InChI=1S/C18H17BrN4O4/c19-10-3-4-11-13(8-10)18(27)23(17(11)26)6-1-2-15(24)22-7-5-12-14(9-22)20-21-16(12)25/h3-4,8H,1-2,5-7,9H2,(H2,20,21,25). The predicted molar refractivity (Wildman–Crippen MR) is 99.3 cm³/mol. The average molecular weight is 433 g/mol. The number of benzene rings is 1. The molecular formula is C18H17BrN4O4. The second kappa shape index (κ2) is 6.80. The van der Waals surface area contributed by atoms with Gasteiger partial charge in [-0.15, -0.1) is 0 Å². The number of imide groups is 1. The van der Waals surface area contributed by atoms with Gasteiger partial charge < -0.3 is 10.00 Å². The van der Waals surface area contributed by atoms with Gasteiger partial charge in [0, 0.05) is 29.5 Å². The SMILES string of the molecule is O=C(CCCN1C(=O)c2ccc(Br)cc2C1=O)N1CCc2c([nH][nH]c2=O)C1. The number of carbonyl (C=O) groups excluding carboxylic acids is 3. The van der Waals surface area contributed by atoms with Crippen LogP contribution in [0.15, 0.2) is 27.5 Å². The van der Waals surface area contributed by atoms with Gasteiger partial charge >= 0.3 is 0 Å². The van der Waals surface area contributed by atoms with Gasteiger partial charge in [-0.25, -0.2) is 0 Å². The van der Waals surface area contributed by atoms with Crippen molar-refractivity contribution < 1.29 is 14.4 Å². The number of aromatic amines is 2. The summed E-state index contributed by atoms with van der Waals surface area (Å²) in [5, 5.41) is 5.34. The van der Waals surface area contributed by atoms with Crippen LogP contribution >= 0.6 is 15.9 Å². The fourth-order valence-corrected chi connectivity index (χ4v) is 3.92. The van der Waals surface area contributed by atoms with Crippen LogP contribution in [0.2, 0.25) is 0 Å². The summed E-state index contributed by atoms with van der Waals surface area (Å²) in [5.74, 6) is -0.694. The first-order valence-electron chi connectivity index (χ1n) is 8.67. The third-order valence-corrected chi connectivity index (χ3v) is 5.50. The van der Waals surface area contributed by atoms with Crippen LogP contribution in [0, 0.1) is 0 Å². The molecule has 0 saturated heterocycles. The van der Waals surface area contributed by atoms with Crippen LogP contribution < -0.4 is 5.56 Å². The van der Waals surface area contributed by atoms with E-state index in [0.717, 1.165) is 10.2 Å². The molecule has 0 atom stereocenters. The number of rotatable bonds is 4.